The number of rotatable bonds is 8. The highest BCUT2D eigenvalue weighted by atomic mass is 32.2. The molecule has 0 aromatic carbocycles. The third kappa shape index (κ3) is 5.51. The molecule has 6 heteroatoms. The molecule has 1 fully saturated rings. The van der Waals surface area contributed by atoms with Gasteiger partial charge in [0.05, 0.1) is 0 Å². The monoisotopic (exact) mass is 319 g/mol. The van der Waals surface area contributed by atoms with Gasteiger partial charge in [0.2, 0.25) is 0 Å². The minimum absolute atomic E-state index is 0.152. The lowest BCUT2D eigenvalue weighted by Crippen LogP contribution is -2.47. The fraction of sp³-hybridized carbons (Fsp3) is 1.00. The smallest absolute Gasteiger partial charge is 0.281 e. The van der Waals surface area contributed by atoms with Crippen LogP contribution >= 0.6 is 0 Å². The van der Waals surface area contributed by atoms with Crippen LogP contribution in [0, 0.1) is 5.41 Å². The Morgan fingerprint density at radius 1 is 1.19 bits per heavy atom. The summed E-state index contributed by atoms with van der Waals surface area (Å²) in [6.07, 6.45) is 4.97. The van der Waals surface area contributed by atoms with Crippen LogP contribution in [0.3, 0.4) is 0 Å². The Morgan fingerprint density at radius 2 is 1.76 bits per heavy atom. The normalized spacial score (nSPS) is 20.3. The van der Waals surface area contributed by atoms with Crippen molar-refractivity contribution in [3.05, 3.63) is 0 Å². The van der Waals surface area contributed by atoms with Gasteiger partial charge >= 0.3 is 0 Å². The predicted octanol–water partition coefficient (Wildman–Crippen LogP) is 2.06. The third-order valence-corrected chi connectivity index (χ3v) is 6.65. The van der Waals surface area contributed by atoms with Gasteiger partial charge in [0, 0.05) is 26.7 Å². The van der Waals surface area contributed by atoms with Gasteiger partial charge in [-0.05, 0) is 50.6 Å². The highest BCUT2D eigenvalue weighted by Crippen LogP contribution is 2.37. The van der Waals surface area contributed by atoms with Crippen LogP contribution in [0.2, 0.25) is 0 Å². The van der Waals surface area contributed by atoms with E-state index >= 15 is 0 Å². The van der Waals surface area contributed by atoms with Crippen LogP contribution in [0.5, 0.6) is 0 Å². The number of hydrogen-bond donors (Lipinski definition) is 1. The zero-order valence-electron chi connectivity index (χ0n) is 14.4. The summed E-state index contributed by atoms with van der Waals surface area (Å²) in [7, 11) is 0.0961. The largest absolute Gasteiger partial charge is 0.317 e. The quantitative estimate of drug-likeness (QED) is 0.697. The van der Waals surface area contributed by atoms with Crippen molar-refractivity contribution >= 4 is 10.2 Å². The van der Waals surface area contributed by atoms with Crippen molar-refractivity contribution in [2.45, 2.75) is 58.9 Å². The van der Waals surface area contributed by atoms with Crippen LogP contribution in [-0.4, -0.2) is 56.8 Å². The molecule has 1 aliphatic carbocycles. The Bertz CT molecular complexity index is 399. The molecule has 21 heavy (non-hydrogen) atoms. The Balaban J connectivity index is 2.52. The highest BCUT2D eigenvalue weighted by Gasteiger charge is 2.34. The maximum atomic E-state index is 12.6. The van der Waals surface area contributed by atoms with Crippen LogP contribution in [0.15, 0.2) is 0 Å². The van der Waals surface area contributed by atoms with Crippen LogP contribution in [0.1, 0.15) is 52.9 Å². The van der Waals surface area contributed by atoms with Gasteiger partial charge in [-0.15, -0.1) is 0 Å². The predicted molar refractivity (Wildman–Crippen MR) is 88.5 cm³/mol. The summed E-state index contributed by atoms with van der Waals surface area (Å²) in [5, 5.41) is 3.22. The standard InChI is InChI=1S/C15H33N3O2S/c1-6-16-12-7-13-17(4)21(19,20)18(5)14-8-10-15(2,3)11-9-14/h14,16H,6-13H2,1-5H3. The molecule has 0 bridgehead atoms. The zero-order valence-corrected chi connectivity index (χ0v) is 15.2. The topological polar surface area (TPSA) is 52.7 Å². The van der Waals surface area contributed by atoms with E-state index in [1.165, 1.54) is 4.31 Å². The molecule has 0 spiro atoms. The summed E-state index contributed by atoms with van der Waals surface area (Å²) in [6, 6.07) is 0.152. The van der Waals surface area contributed by atoms with E-state index in [-0.39, 0.29) is 6.04 Å². The summed E-state index contributed by atoms with van der Waals surface area (Å²) in [4.78, 5) is 0. The number of nitrogens with one attached hydrogen (secondary N) is 1. The second-order valence-electron chi connectivity index (χ2n) is 6.95. The molecule has 0 aromatic heterocycles. The van der Waals surface area contributed by atoms with Gasteiger partial charge in [0.1, 0.15) is 0 Å². The first-order valence-electron chi connectivity index (χ1n) is 8.11. The van der Waals surface area contributed by atoms with Crippen LogP contribution in [-0.2, 0) is 10.2 Å². The molecule has 1 aliphatic rings. The minimum atomic E-state index is -3.32. The lowest BCUT2D eigenvalue weighted by atomic mass is 9.76. The van der Waals surface area contributed by atoms with E-state index in [0.717, 1.165) is 45.2 Å². The first-order valence-corrected chi connectivity index (χ1v) is 9.50. The van der Waals surface area contributed by atoms with E-state index in [0.29, 0.717) is 12.0 Å². The molecule has 0 atom stereocenters. The molecule has 0 amide bonds. The third-order valence-electron chi connectivity index (χ3n) is 4.66. The Morgan fingerprint density at radius 3 is 2.29 bits per heavy atom. The molecule has 0 unspecified atom stereocenters. The number of hydrogen-bond acceptors (Lipinski definition) is 3. The van der Waals surface area contributed by atoms with Crippen LogP contribution < -0.4 is 5.32 Å². The number of nitrogens with zero attached hydrogens (tertiary/aromatic N) is 2. The molecule has 126 valence electrons. The Labute approximate surface area is 131 Å². The Hall–Kier alpha value is -0.170. The van der Waals surface area contributed by atoms with Gasteiger partial charge < -0.3 is 5.32 Å². The highest BCUT2D eigenvalue weighted by molar-refractivity contribution is 7.86. The van der Waals surface area contributed by atoms with Gasteiger partial charge in [0.25, 0.3) is 10.2 Å². The summed E-state index contributed by atoms with van der Waals surface area (Å²) in [6.45, 7) is 8.94. The fourth-order valence-electron chi connectivity index (χ4n) is 2.87. The van der Waals surface area contributed by atoms with Gasteiger partial charge in [-0.25, -0.2) is 0 Å². The first-order chi connectivity index (χ1) is 9.70. The lowest BCUT2D eigenvalue weighted by Gasteiger charge is -2.39. The average Bonchev–Trinajstić information content (AvgIpc) is 2.42. The maximum absolute atomic E-state index is 12.6. The van der Waals surface area contributed by atoms with E-state index in [4.69, 9.17) is 0 Å². The SMILES string of the molecule is CCNCCCN(C)S(=O)(=O)N(C)C1CCC(C)(C)CC1. The van der Waals surface area contributed by atoms with Crippen LogP contribution in [0.4, 0.5) is 0 Å². The second kappa shape index (κ2) is 7.90. The van der Waals surface area contributed by atoms with Gasteiger partial charge in [-0.2, -0.15) is 17.0 Å². The summed E-state index contributed by atoms with van der Waals surface area (Å²) >= 11 is 0. The van der Waals surface area contributed by atoms with E-state index in [1.807, 2.05) is 0 Å². The zero-order chi connectivity index (χ0) is 16.1. The van der Waals surface area contributed by atoms with Crippen molar-refractivity contribution in [1.29, 1.82) is 0 Å². The van der Waals surface area contributed by atoms with Crippen molar-refractivity contribution in [3.63, 3.8) is 0 Å². The maximum Gasteiger partial charge on any atom is 0.281 e. The average molecular weight is 320 g/mol. The van der Waals surface area contributed by atoms with E-state index in [9.17, 15) is 8.42 Å². The van der Waals surface area contributed by atoms with E-state index in [1.54, 1.807) is 18.4 Å². The van der Waals surface area contributed by atoms with Crippen molar-refractivity contribution in [1.82, 2.24) is 13.9 Å². The van der Waals surface area contributed by atoms with Crippen molar-refractivity contribution in [3.8, 4) is 0 Å². The molecule has 1 N–H and O–H groups in total. The van der Waals surface area contributed by atoms with Gasteiger partial charge in [-0.3, -0.25) is 0 Å². The molecule has 0 saturated heterocycles. The first kappa shape index (κ1) is 18.9. The summed E-state index contributed by atoms with van der Waals surface area (Å²) in [5.41, 5.74) is 0.360. The van der Waals surface area contributed by atoms with Crippen molar-refractivity contribution in [2.75, 3.05) is 33.7 Å². The van der Waals surface area contributed by atoms with Gasteiger partial charge in [0.15, 0.2) is 0 Å². The molecule has 5 nitrogen and oxygen atoms in total. The lowest BCUT2D eigenvalue weighted by molar-refractivity contribution is 0.170. The summed E-state index contributed by atoms with van der Waals surface area (Å²) < 4.78 is 28.3. The molecule has 0 aromatic rings. The second-order valence-corrected chi connectivity index (χ2v) is 9.04. The van der Waals surface area contributed by atoms with Gasteiger partial charge in [-0.1, -0.05) is 20.8 Å². The molecule has 1 saturated carbocycles. The molecule has 0 heterocycles. The summed E-state index contributed by atoms with van der Waals surface area (Å²) in [5.74, 6) is 0. The van der Waals surface area contributed by atoms with Crippen LogP contribution in [0.25, 0.3) is 0 Å². The molecular formula is C15H33N3O2S. The van der Waals surface area contributed by atoms with Crippen molar-refractivity contribution < 1.29 is 8.42 Å². The van der Waals surface area contributed by atoms with E-state index in [2.05, 4.69) is 26.1 Å². The molecular weight excluding hydrogens is 286 g/mol. The minimum Gasteiger partial charge on any atom is -0.317 e. The van der Waals surface area contributed by atoms with E-state index < -0.39 is 10.2 Å². The molecule has 0 radical (unpaired) electrons. The molecule has 1 rings (SSSR count). The molecule has 0 aliphatic heterocycles. The fourth-order valence-corrected chi connectivity index (χ4v) is 4.26. The Kier molecular flexibility index (Phi) is 7.10. The van der Waals surface area contributed by atoms with Crippen molar-refractivity contribution in [2.24, 2.45) is 5.41 Å².